The summed E-state index contributed by atoms with van der Waals surface area (Å²) >= 11 is 0. The molecule has 2 heterocycles. The molecule has 0 saturated carbocycles. The second kappa shape index (κ2) is 8.05. The first-order valence-corrected chi connectivity index (χ1v) is 9.38. The van der Waals surface area contributed by atoms with Gasteiger partial charge in [-0.1, -0.05) is 6.07 Å². The first kappa shape index (κ1) is 18.0. The number of hydrogen-bond donors (Lipinski definition) is 1. The largest absolute Gasteiger partial charge is 0.379 e. The number of sulfonamides is 1. The Kier molecular flexibility index (Phi) is 5.58. The highest BCUT2D eigenvalue weighted by Gasteiger charge is 2.26. The van der Waals surface area contributed by atoms with Gasteiger partial charge in [0.05, 0.1) is 23.8 Å². The van der Waals surface area contributed by atoms with Gasteiger partial charge in [0, 0.05) is 19.3 Å². The number of nitriles is 1. The van der Waals surface area contributed by atoms with Crippen LogP contribution < -0.4 is 5.43 Å². The van der Waals surface area contributed by atoms with Crippen LogP contribution in [0, 0.1) is 11.3 Å². The quantitative estimate of drug-likeness (QED) is 0.629. The van der Waals surface area contributed by atoms with Crippen molar-refractivity contribution in [3.63, 3.8) is 0 Å². The van der Waals surface area contributed by atoms with Crippen molar-refractivity contribution in [1.82, 2.24) is 9.29 Å². The van der Waals surface area contributed by atoms with E-state index in [0.717, 1.165) is 0 Å². The minimum absolute atomic E-state index is 0.135. The first-order chi connectivity index (χ1) is 12.6. The summed E-state index contributed by atoms with van der Waals surface area (Å²) in [7, 11) is -3.53. The maximum absolute atomic E-state index is 12.6. The standard InChI is InChI=1S/C17H17N5O3S/c18-13-17(16-3-1-2-8-19-16)21-20-14-4-6-15(7-5-14)26(23,24)22-9-11-25-12-10-22/h1-8,20H,9-12H2. The number of morpholine rings is 1. The molecule has 0 aliphatic carbocycles. The zero-order valence-corrected chi connectivity index (χ0v) is 14.7. The monoisotopic (exact) mass is 371 g/mol. The maximum atomic E-state index is 12.6. The molecule has 8 nitrogen and oxygen atoms in total. The molecule has 1 saturated heterocycles. The maximum Gasteiger partial charge on any atom is 0.243 e. The number of hydrazone groups is 1. The number of ether oxygens (including phenoxy) is 1. The van der Waals surface area contributed by atoms with Gasteiger partial charge in [-0.3, -0.25) is 10.4 Å². The second-order valence-electron chi connectivity index (χ2n) is 5.44. The van der Waals surface area contributed by atoms with Crippen LogP contribution in [-0.4, -0.2) is 49.7 Å². The van der Waals surface area contributed by atoms with Crippen LogP contribution in [0.15, 0.2) is 58.7 Å². The van der Waals surface area contributed by atoms with Gasteiger partial charge in [-0.25, -0.2) is 8.42 Å². The van der Waals surface area contributed by atoms with Gasteiger partial charge >= 0.3 is 0 Å². The SMILES string of the molecule is N#CC(=NNc1ccc(S(=O)(=O)N2CCOCC2)cc1)c1ccccn1. The number of rotatable bonds is 5. The molecule has 0 radical (unpaired) electrons. The van der Waals surface area contributed by atoms with Crippen LogP contribution in [-0.2, 0) is 14.8 Å². The van der Waals surface area contributed by atoms with E-state index in [1.165, 1.54) is 16.4 Å². The third kappa shape index (κ3) is 4.05. The highest BCUT2D eigenvalue weighted by Crippen LogP contribution is 2.19. The Hall–Kier alpha value is -2.80. The van der Waals surface area contributed by atoms with E-state index in [4.69, 9.17) is 4.74 Å². The van der Waals surface area contributed by atoms with Gasteiger partial charge in [-0.15, -0.1) is 0 Å². The highest BCUT2D eigenvalue weighted by molar-refractivity contribution is 7.89. The molecule has 0 unspecified atom stereocenters. The van der Waals surface area contributed by atoms with E-state index in [0.29, 0.717) is 37.7 Å². The fourth-order valence-corrected chi connectivity index (χ4v) is 3.81. The van der Waals surface area contributed by atoms with Crippen molar-refractivity contribution in [2.75, 3.05) is 31.7 Å². The first-order valence-electron chi connectivity index (χ1n) is 7.94. The molecule has 0 bridgehead atoms. The number of benzene rings is 1. The Balaban J connectivity index is 1.73. The lowest BCUT2D eigenvalue weighted by molar-refractivity contribution is 0.0730. The molecule has 1 aliphatic heterocycles. The zero-order valence-electron chi connectivity index (χ0n) is 13.9. The van der Waals surface area contributed by atoms with E-state index in [2.05, 4.69) is 15.5 Å². The zero-order chi connectivity index (χ0) is 18.4. The van der Waals surface area contributed by atoms with Crippen molar-refractivity contribution >= 4 is 21.4 Å². The number of aromatic nitrogens is 1. The smallest absolute Gasteiger partial charge is 0.243 e. The van der Waals surface area contributed by atoms with Gasteiger partial charge < -0.3 is 4.74 Å². The van der Waals surface area contributed by atoms with Crippen molar-refractivity contribution in [3.05, 3.63) is 54.4 Å². The minimum Gasteiger partial charge on any atom is -0.379 e. The van der Waals surface area contributed by atoms with E-state index in [9.17, 15) is 13.7 Å². The van der Waals surface area contributed by atoms with Gasteiger partial charge in [0.2, 0.25) is 10.0 Å². The van der Waals surface area contributed by atoms with E-state index in [1.54, 1.807) is 36.5 Å². The van der Waals surface area contributed by atoms with Crippen molar-refractivity contribution < 1.29 is 13.2 Å². The number of anilines is 1. The predicted molar refractivity (Wildman–Crippen MR) is 96.0 cm³/mol. The summed E-state index contributed by atoms with van der Waals surface area (Å²) in [5.74, 6) is 0. The van der Waals surface area contributed by atoms with Crippen LogP contribution in [0.4, 0.5) is 5.69 Å². The van der Waals surface area contributed by atoms with E-state index >= 15 is 0 Å². The van der Waals surface area contributed by atoms with E-state index in [1.807, 2.05) is 6.07 Å². The number of nitrogens with zero attached hydrogens (tertiary/aromatic N) is 4. The number of hydrogen-bond acceptors (Lipinski definition) is 7. The summed E-state index contributed by atoms with van der Waals surface area (Å²) in [6.07, 6.45) is 1.58. The van der Waals surface area contributed by atoms with Crippen LogP contribution in [0.3, 0.4) is 0 Å². The molecule has 1 aromatic heterocycles. The molecule has 1 fully saturated rings. The third-order valence-electron chi connectivity index (χ3n) is 3.77. The molecule has 0 amide bonds. The van der Waals surface area contributed by atoms with Crippen LogP contribution >= 0.6 is 0 Å². The lowest BCUT2D eigenvalue weighted by Crippen LogP contribution is -2.40. The third-order valence-corrected chi connectivity index (χ3v) is 5.69. The normalized spacial score (nSPS) is 16.0. The molecule has 9 heteroatoms. The Morgan fingerprint density at radius 1 is 1.19 bits per heavy atom. The minimum atomic E-state index is -3.53. The number of nitrogens with one attached hydrogen (secondary N) is 1. The molecule has 3 rings (SSSR count). The van der Waals surface area contributed by atoms with Crippen LogP contribution in [0.5, 0.6) is 0 Å². The topological polar surface area (TPSA) is 108 Å². The fourth-order valence-electron chi connectivity index (χ4n) is 2.40. The van der Waals surface area contributed by atoms with Crippen LogP contribution in [0.25, 0.3) is 0 Å². The molecular weight excluding hydrogens is 354 g/mol. The average molecular weight is 371 g/mol. The number of pyridine rings is 1. The second-order valence-corrected chi connectivity index (χ2v) is 7.38. The summed E-state index contributed by atoms with van der Waals surface area (Å²) in [4.78, 5) is 4.28. The van der Waals surface area contributed by atoms with E-state index in [-0.39, 0.29) is 10.6 Å². The Bertz CT molecular complexity index is 915. The van der Waals surface area contributed by atoms with Gasteiger partial charge in [0.15, 0.2) is 5.71 Å². The molecule has 134 valence electrons. The highest BCUT2D eigenvalue weighted by atomic mass is 32.2. The Morgan fingerprint density at radius 3 is 2.54 bits per heavy atom. The summed E-state index contributed by atoms with van der Waals surface area (Å²) < 4.78 is 31.7. The lowest BCUT2D eigenvalue weighted by Gasteiger charge is -2.26. The van der Waals surface area contributed by atoms with Gasteiger partial charge in [-0.2, -0.15) is 14.7 Å². The molecule has 1 N–H and O–H groups in total. The van der Waals surface area contributed by atoms with Crippen molar-refractivity contribution in [2.45, 2.75) is 4.90 Å². The molecule has 2 aromatic rings. The lowest BCUT2D eigenvalue weighted by atomic mass is 10.2. The van der Waals surface area contributed by atoms with Crippen molar-refractivity contribution in [1.29, 1.82) is 5.26 Å². The van der Waals surface area contributed by atoms with Crippen molar-refractivity contribution in [3.8, 4) is 6.07 Å². The van der Waals surface area contributed by atoms with Gasteiger partial charge in [-0.05, 0) is 36.4 Å². The Labute approximate surface area is 151 Å². The summed E-state index contributed by atoms with van der Waals surface area (Å²) in [5.41, 5.74) is 3.90. The summed E-state index contributed by atoms with van der Waals surface area (Å²) in [6.45, 7) is 1.50. The molecule has 1 aliphatic rings. The molecule has 1 aromatic carbocycles. The molecular formula is C17H17N5O3S. The predicted octanol–water partition coefficient (Wildman–Crippen LogP) is 1.44. The Morgan fingerprint density at radius 2 is 1.92 bits per heavy atom. The van der Waals surface area contributed by atoms with Gasteiger partial charge in [0.25, 0.3) is 0 Å². The van der Waals surface area contributed by atoms with Crippen LogP contribution in [0.2, 0.25) is 0 Å². The van der Waals surface area contributed by atoms with Gasteiger partial charge in [0.1, 0.15) is 11.8 Å². The van der Waals surface area contributed by atoms with E-state index < -0.39 is 10.0 Å². The van der Waals surface area contributed by atoms with Crippen LogP contribution in [0.1, 0.15) is 5.69 Å². The van der Waals surface area contributed by atoms with Crippen molar-refractivity contribution in [2.24, 2.45) is 5.10 Å². The fraction of sp³-hybridized carbons (Fsp3) is 0.235. The summed E-state index contributed by atoms with van der Waals surface area (Å²) in [6, 6.07) is 13.4. The molecule has 26 heavy (non-hydrogen) atoms. The molecule has 0 spiro atoms. The molecule has 0 atom stereocenters. The summed E-state index contributed by atoms with van der Waals surface area (Å²) in [5, 5.41) is 13.2. The average Bonchev–Trinajstić information content (AvgIpc) is 2.70.